The first-order chi connectivity index (χ1) is 11.8. The third-order valence-electron chi connectivity index (χ3n) is 3.51. The van der Waals surface area contributed by atoms with Crippen LogP contribution in [-0.4, -0.2) is 24.5 Å². The molecule has 0 aliphatic carbocycles. The number of carbonyl (C=O) groups excluding carboxylic acids is 2. The highest BCUT2D eigenvalue weighted by atomic mass is 16.5. The molecule has 2 rings (SSSR count). The number of hydrogen-bond acceptors (Lipinski definition) is 3. The van der Waals surface area contributed by atoms with Gasteiger partial charge in [0.2, 0.25) is 0 Å². The van der Waals surface area contributed by atoms with Gasteiger partial charge in [-0.15, -0.1) is 0 Å². The molecule has 0 saturated carbocycles. The molecule has 0 spiro atoms. The third kappa shape index (κ3) is 5.64. The van der Waals surface area contributed by atoms with E-state index in [4.69, 9.17) is 4.74 Å². The summed E-state index contributed by atoms with van der Waals surface area (Å²) >= 11 is 0. The number of ether oxygens (including phenoxy) is 1. The Morgan fingerprint density at radius 3 is 1.88 bits per heavy atom. The van der Waals surface area contributed by atoms with E-state index in [1.807, 2.05) is 45.0 Å². The molecule has 0 aliphatic rings. The lowest BCUT2D eigenvalue weighted by molar-refractivity contribution is 0.0915. The van der Waals surface area contributed by atoms with Gasteiger partial charge in [-0.2, -0.15) is 0 Å². The normalized spacial score (nSPS) is 10.9. The van der Waals surface area contributed by atoms with Gasteiger partial charge in [-0.05, 0) is 62.7 Å². The van der Waals surface area contributed by atoms with Gasteiger partial charge in [0, 0.05) is 23.2 Å². The van der Waals surface area contributed by atoms with Crippen LogP contribution in [0.1, 0.15) is 47.1 Å². The maximum absolute atomic E-state index is 12.2. The number of rotatable bonds is 5. The molecule has 0 aromatic heterocycles. The second-order valence-electron chi connectivity index (χ2n) is 6.81. The molecule has 132 valence electrons. The van der Waals surface area contributed by atoms with Gasteiger partial charge in [-0.25, -0.2) is 0 Å². The summed E-state index contributed by atoms with van der Waals surface area (Å²) in [5, 5.41) is 5.75. The minimum atomic E-state index is -0.300. The minimum Gasteiger partial charge on any atom is -0.497 e. The van der Waals surface area contributed by atoms with E-state index < -0.39 is 0 Å². The van der Waals surface area contributed by atoms with Gasteiger partial charge >= 0.3 is 0 Å². The molecule has 0 radical (unpaired) electrons. The number of hydrogen-bond donors (Lipinski definition) is 2. The second-order valence-corrected chi connectivity index (χ2v) is 6.81. The predicted molar refractivity (Wildman–Crippen MR) is 97.8 cm³/mol. The van der Waals surface area contributed by atoms with Crippen molar-refractivity contribution in [3.05, 3.63) is 65.2 Å². The van der Waals surface area contributed by atoms with Crippen molar-refractivity contribution in [2.24, 2.45) is 0 Å². The summed E-state index contributed by atoms with van der Waals surface area (Å²) in [4.78, 5) is 24.3. The Morgan fingerprint density at radius 2 is 1.40 bits per heavy atom. The molecule has 2 N–H and O–H groups in total. The molecule has 0 bridgehead atoms. The van der Waals surface area contributed by atoms with Crippen LogP contribution >= 0.6 is 0 Å². The molecule has 2 amide bonds. The fraction of sp³-hybridized carbons (Fsp3) is 0.300. The van der Waals surface area contributed by atoms with Crippen LogP contribution in [0.4, 0.5) is 0 Å². The van der Waals surface area contributed by atoms with Gasteiger partial charge in [-0.1, -0.05) is 12.1 Å². The zero-order chi connectivity index (χ0) is 18.4. The number of methoxy groups -OCH3 is 1. The largest absolute Gasteiger partial charge is 0.497 e. The van der Waals surface area contributed by atoms with Gasteiger partial charge in [0.15, 0.2) is 0 Å². The summed E-state index contributed by atoms with van der Waals surface area (Å²) in [6.07, 6.45) is 0. The van der Waals surface area contributed by atoms with E-state index in [9.17, 15) is 9.59 Å². The van der Waals surface area contributed by atoms with Crippen LogP contribution in [0.3, 0.4) is 0 Å². The van der Waals surface area contributed by atoms with Crippen molar-refractivity contribution in [3.8, 4) is 5.75 Å². The van der Waals surface area contributed by atoms with Crippen LogP contribution < -0.4 is 15.4 Å². The van der Waals surface area contributed by atoms with Crippen molar-refractivity contribution in [1.82, 2.24) is 10.6 Å². The van der Waals surface area contributed by atoms with Crippen molar-refractivity contribution < 1.29 is 14.3 Å². The average molecular weight is 340 g/mol. The van der Waals surface area contributed by atoms with Crippen LogP contribution in [0.5, 0.6) is 5.75 Å². The summed E-state index contributed by atoms with van der Waals surface area (Å²) in [5.74, 6) is 0.440. The fourth-order valence-electron chi connectivity index (χ4n) is 2.21. The van der Waals surface area contributed by atoms with Crippen molar-refractivity contribution in [2.45, 2.75) is 32.9 Å². The van der Waals surface area contributed by atoms with Crippen molar-refractivity contribution in [2.75, 3.05) is 7.11 Å². The van der Waals surface area contributed by atoms with Gasteiger partial charge < -0.3 is 15.4 Å². The quantitative estimate of drug-likeness (QED) is 0.878. The molecular weight excluding hydrogens is 316 g/mol. The summed E-state index contributed by atoms with van der Waals surface area (Å²) in [6, 6.07) is 14.1. The molecule has 5 heteroatoms. The van der Waals surface area contributed by atoms with Crippen LogP contribution in [0.2, 0.25) is 0 Å². The van der Waals surface area contributed by atoms with Gasteiger partial charge in [0.25, 0.3) is 11.8 Å². The Morgan fingerprint density at radius 1 is 0.880 bits per heavy atom. The standard InChI is InChI=1S/C20H24N2O3/c1-20(2,3)22-19(24)16-9-7-15(8-10-16)18(23)21-13-14-5-11-17(25-4)12-6-14/h5-12H,13H2,1-4H3,(H,21,23)(H,22,24). The lowest BCUT2D eigenvalue weighted by Gasteiger charge is -2.20. The zero-order valence-corrected chi connectivity index (χ0v) is 15.1. The molecule has 2 aromatic carbocycles. The Kier molecular flexibility index (Phi) is 5.80. The maximum Gasteiger partial charge on any atom is 0.251 e. The number of carbonyl (C=O) groups is 2. The van der Waals surface area contributed by atoms with E-state index in [0.717, 1.165) is 11.3 Å². The molecule has 0 atom stereocenters. The average Bonchev–Trinajstić information content (AvgIpc) is 2.58. The molecule has 0 aliphatic heterocycles. The van der Waals surface area contributed by atoms with Crippen molar-refractivity contribution in [3.63, 3.8) is 0 Å². The van der Waals surface area contributed by atoms with E-state index >= 15 is 0 Å². The Hall–Kier alpha value is -2.82. The molecular formula is C20H24N2O3. The van der Waals surface area contributed by atoms with Gasteiger partial charge in [-0.3, -0.25) is 9.59 Å². The SMILES string of the molecule is COc1ccc(CNC(=O)c2ccc(C(=O)NC(C)(C)C)cc2)cc1. The summed E-state index contributed by atoms with van der Waals surface area (Å²) in [5.41, 5.74) is 1.73. The summed E-state index contributed by atoms with van der Waals surface area (Å²) in [6.45, 7) is 6.19. The molecule has 0 heterocycles. The highest BCUT2D eigenvalue weighted by Crippen LogP contribution is 2.12. The predicted octanol–water partition coefficient (Wildman–Crippen LogP) is 3.15. The molecule has 0 saturated heterocycles. The highest BCUT2D eigenvalue weighted by molar-refractivity contribution is 5.98. The van der Waals surface area contributed by atoms with Crippen LogP contribution in [0.15, 0.2) is 48.5 Å². The molecule has 25 heavy (non-hydrogen) atoms. The number of benzene rings is 2. The Bertz CT molecular complexity index is 729. The first-order valence-electron chi connectivity index (χ1n) is 8.12. The van der Waals surface area contributed by atoms with Crippen LogP contribution in [0.25, 0.3) is 0 Å². The number of nitrogens with one attached hydrogen (secondary N) is 2. The second kappa shape index (κ2) is 7.83. The van der Waals surface area contributed by atoms with Gasteiger partial charge in [0.1, 0.15) is 5.75 Å². The first-order valence-corrected chi connectivity index (χ1v) is 8.12. The monoisotopic (exact) mass is 340 g/mol. The Labute approximate surface area is 148 Å². The van der Waals surface area contributed by atoms with Gasteiger partial charge in [0.05, 0.1) is 7.11 Å². The van der Waals surface area contributed by atoms with Crippen LogP contribution in [-0.2, 0) is 6.54 Å². The summed E-state index contributed by atoms with van der Waals surface area (Å²) in [7, 11) is 1.61. The van der Waals surface area contributed by atoms with E-state index in [1.54, 1.807) is 31.4 Å². The third-order valence-corrected chi connectivity index (χ3v) is 3.51. The molecule has 0 fully saturated rings. The minimum absolute atomic E-state index is 0.155. The zero-order valence-electron chi connectivity index (χ0n) is 15.1. The van der Waals surface area contributed by atoms with E-state index in [1.165, 1.54) is 0 Å². The van der Waals surface area contributed by atoms with Crippen molar-refractivity contribution >= 4 is 11.8 Å². The highest BCUT2D eigenvalue weighted by Gasteiger charge is 2.15. The van der Waals surface area contributed by atoms with E-state index in [0.29, 0.717) is 17.7 Å². The first kappa shape index (κ1) is 18.5. The molecule has 0 unspecified atom stereocenters. The van der Waals surface area contributed by atoms with E-state index in [-0.39, 0.29) is 17.4 Å². The fourth-order valence-corrected chi connectivity index (χ4v) is 2.21. The topological polar surface area (TPSA) is 67.4 Å². The van der Waals surface area contributed by atoms with Crippen LogP contribution in [0, 0.1) is 0 Å². The summed E-state index contributed by atoms with van der Waals surface area (Å²) < 4.78 is 5.10. The lowest BCUT2D eigenvalue weighted by Crippen LogP contribution is -2.40. The smallest absolute Gasteiger partial charge is 0.251 e. The molecule has 5 nitrogen and oxygen atoms in total. The maximum atomic E-state index is 12.2. The van der Waals surface area contributed by atoms with Crippen molar-refractivity contribution in [1.29, 1.82) is 0 Å². The van der Waals surface area contributed by atoms with E-state index in [2.05, 4.69) is 10.6 Å². The lowest BCUT2D eigenvalue weighted by atomic mass is 10.1. The number of amides is 2. The molecule has 2 aromatic rings. The Balaban J connectivity index is 1.94.